The Balaban J connectivity index is 0.987. The van der Waals surface area contributed by atoms with Crippen molar-refractivity contribution in [3.05, 3.63) is 0 Å². The molecule has 0 spiro atoms. The van der Waals surface area contributed by atoms with Crippen LogP contribution >= 0.6 is 0 Å². The molecule has 30 fully saturated rings. The number of rotatable bonds is 11. The summed E-state index contributed by atoms with van der Waals surface area (Å²) >= 11 is 0. The van der Waals surface area contributed by atoms with E-state index in [1.807, 2.05) is 0 Å². The number of hydrogen-bond acceptors (Lipinski definition) is 41. The summed E-state index contributed by atoms with van der Waals surface area (Å²) in [5, 5.41) is 269. The average molecular weight is 1340 g/mol. The Morgan fingerprint density at radius 3 is 0.473 bits per heavy atom. The van der Waals surface area contributed by atoms with Crippen molar-refractivity contribution >= 4 is 0 Å². The van der Waals surface area contributed by atoms with Crippen LogP contribution in [-0.4, -0.2) is 434 Å². The van der Waals surface area contributed by atoms with Crippen molar-refractivity contribution in [3.8, 4) is 0 Å². The number of aliphatic hydroxyl groups is 24. The molecule has 0 aromatic heterocycles. The summed E-state index contributed by atoms with van der Waals surface area (Å²) in [4.78, 5) is 0. The van der Waals surface area contributed by atoms with Gasteiger partial charge in [0.2, 0.25) is 0 Å². The molecule has 0 saturated carbocycles. The molecular formula is C50H85NO40. The molecule has 25 N–H and O–H groups in total. The highest BCUT2D eigenvalue weighted by Crippen LogP contribution is 2.40. The van der Waals surface area contributed by atoms with Crippen LogP contribution in [0, 0.1) is 0 Å². The minimum atomic E-state index is -2.25. The Morgan fingerprint density at radius 1 is 0.187 bits per heavy atom. The third-order valence-electron chi connectivity index (χ3n) is 17.3. The summed E-state index contributed by atoms with van der Waals surface area (Å²) in [6.07, 6.45) is -81.3. The van der Waals surface area contributed by atoms with Crippen molar-refractivity contribution in [2.75, 3.05) is 65.9 Å². The van der Waals surface area contributed by atoms with Crippen LogP contribution in [0.2, 0.25) is 0 Å². The zero-order chi connectivity index (χ0) is 66.2. The van der Waals surface area contributed by atoms with E-state index in [0.717, 1.165) is 0 Å². The van der Waals surface area contributed by atoms with Gasteiger partial charge in [-0.15, -0.1) is 0 Å². The van der Waals surface area contributed by atoms with Gasteiger partial charge in [0.05, 0.1) is 52.9 Å². The second kappa shape index (κ2) is 31.9. The molecule has 530 valence electrons. The molecule has 40 atom stereocenters. The van der Waals surface area contributed by atoms with Crippen LogP contribution in [0.1, 0.15) is 0 Å². The summed E-state index contributed by atoms with van der Waals surface area (Å²) in [5.41, 5.74) is 0. The van der Waals surface area contributed by atoms with Crippen LogP contribution < -0.4 is 5.32 Å². The average Bonchev–Trinajstić information content (AvgIpc) is 0.814. The maximum absolute atomic E-state index is 11.7. The molecule has 41 heteroatoms. The van der Waals surface area contributed by atoms with E-state index in [-0.39, 0.29) is 13.1 Å². The second-order valence-electron chi connectivity index (χ2n) is 23.2. The van der Waals surface area contributed by atoms with Crippen molar-refractivity contribution in [2.24, 2.45) is 0 Å². The van der Waals surface area contributed by atoms with Crippen molar-refractivity contribution in [1.82, 2.24) is 5.32 Å². The first-order valence-electron chi connectivity index (χ1n) is 29.3. The first-order chi connectivity index (χ1) is 43.4. The number of hydrogen-bond donors (Lipinski definition) is 25. The summed E-state index contributed by atoms with van der Waals surface area (Å²) in [6.45, 7) is -8.49. The van der Waals surface area contributed by atoms with Crippen molar-refractivity contribution < 1.29 is 198 Å². The van der Waals surface area contributed by atoms with Crippen LogP contribution in [0.5, 0.6) is 0 Å². The molecule has 0 unspecified atom stereocenters. The van der Waals surface area contributed by atoms with E-state index in [9.17, 15) is 123 Å². The fraction of sp³-hybridized carbons (Fsp3) is 1.00. The molecule has 0 amide bonds. The second-order valence-corrected chi connectivity index (χ2v) is 23.2. The molecule has 30 aliphatic rings. The molecule has 41 nitrogen and oxygen atoms in total. The van der Waals surface area contributed by atoms with Gasteiger partial charge in [0.15, 0.2) is 50.3 Å². The topological polar surface area (TPSA) is 645 Å². The lowest BCUT2D eigenvalue weighted by molar-refractivity contribution is -0.403. The van der Waals surface area contributed by atoms with Gasteiger partial charge in [-0.2, -0.15) is 0 Å². The van der Waals surface area contributed by atoms with E-state index in [1.165, 1.54) is 0 Å². The first kappa shape index (κ1) is 73.6. The summed E-state index contributed by atoms with van der Waals surface area (Å²) in [5.74, 6) is 0. The summed E-state index contributed by atoms with van der Waals surface area (Å²) in [7, 11) is 0. The molecule has 91 heavy (non-hydrogen) atoms. The van der Waals surface area contributed by atoms with Crippen LogP contribution in [0.15, 0.2) is 0 Å². The molecule has 0 aliphatic carbocycles. The Kier molecular flexibility index (Phi) is 25.8. The molecule has 30 aliphatic heterocycles. The Hall–Kier alpha value is -1.64. The molecule has 30 saturated heterocycles. The van der Waals surface area contributed by atoms with Gasteiger partial charge >= 0.3 is 0 Å². The lowest BCUT2D eigenvalue weighted by atomic mass is 9.94. The third kappa shape index (κ3) is 15.0. The Labute approximate surface area is 514 Å². The quantitative estimate of drug-likeness (QED) is 0.0854. The first-order valence-corrected chi connectivity index (χ1v) is 29.3. The van der Waals surface area contributed by atoms with Gasteiger partial charge in [0, 0.05) is 13.1 Å². The SMILES string of the molecule is OCCNC[C@H]1O[C@@H]2O[C@H]3[C@H](O)[C@@H](O)[C@@H](O[C@H]4[C@H](O)[C@@H](O)[C@@H](O[C@H]5[C@H](O)[C@@H](O)[C@@H](O[C@H]6[C@H](O)[C@@H](O)[C@@H](O[C@H]7[C@H](O)[C@@H](O)[C@@H](O[C@H]8[C@H](O)[C@@H](O)[C@@H](O[C@H]9[C@H](O)[C@@H](O)[C@@H](O[C@H]1[C@H](O)[C@H]2O)O[C@@H]9CO)O[C@@H]8CO)O[C@@H]7CO)O[C@@H]6CO)O[C@@H]5CO)O[C@@H]4CO)O[C@@H]3CO. The van der Waals surface area contributed by atoms with Gasteiger partial charge in [0.25, 0.3) is 0 Å². The van der Waals surface area contributed by atoms with E-state index in [2.05, 4.69) is 5.32 Å². The van der Waals surface area contributed by atoms with E-state index < -0.39 is 299 Å². The maximum atomic E-state index is 11.7. The van der Waals surface area contributed by atoms with Gasteiger partial charge in [-0.05, 0) is 0 Å². The van der Waals surface area contributed by atoms with Crippen molar-refractivity contribution in [2.45, 2.75) is 246 Å². The fourth-order valence-electron chi connectivity index (χ4n) is 12.2. The molecule has 30 heterocycles. The molecule has 0 radical (unpaired) electrons. The van der Waals surface area contributed by atoms with E-state index in [4.69, 9.17) is 75.8 Å². The zero-order valence-electron chi connectivity index (χ0n) is 47.9. The molecular weight excluding hydrogens is 1250 g/mol. The number of ether oxygens (including phenoxy) is 16. The van der Waals surface area contributed by atoms with E-state index in [1.54, 1.807) is 0 Å². The molecule has 30 rings (SSSR count). The predicted molar refractivity (Wildman–Crippen MR) is 274 cm³/mol. The van der Waals surface area contributed by atoms with Crippen molar-refractivity contribution in [1.29, 1.82) is 0 Å². The Bertz CT molecular complexity index is 2190. The molecule has 0 aromatic rings. The lowest BCUT2D eigenvalue weighted by Crippen LogP contribution is -2.69. The fourth-order valence-corrected chi connectivity index (χ4v) is 12.2. The van der Waals surface area contributed by atoms with Crippen LogP contribution in [-0.2, 0) is 75.8 Å². The minimum Gasteiger partial charge on any atom is -0.395 e. The summed E-state index contributed by atoms with van der Waals surface area (Å²) < 4.78 is 92.1. The minimum absolute atomic E-state index is 0.123. The monoisotopic (exact) mass is 1340 g/mol. The molecule has 16 bridgehead atoms. The normalized spacial score (nSPS) is 53.9. The van der Waals surface area contributed by atoms with E-state index in [0.29, 0.717) is 0 Å². The van der Waals surface area contributed by atoms with Crippen LogP contribution in [0.25, 0.3) is 0 Å². The van der Waals surface area contributed by atoms with E-state index >= 15 is 0 Å². The maximum Gasteiger partial charge on any atom is 0.187 e. The van der Waals surface area contributed by atoms with Gasteiger partial charge < -0.3 is 204 Å². The third-order valence-corrected chi connectivity index (χ3v) is 17.3. The largest absolute Gasteiger partial charge is 0.395 e. The van der Waals surface area contributed by atoms with Gasteiger partial charge in [-0.1, -0.05) is 0 Å². The summed E-state index contributed by atoms with van der Waals surface area (Å²) in [6, 6.07) is 0. The Morgan fingerprint density at radius 2 is 0.330 bits per heavy atom. The highest BCUT2D eigenvalue weighted by atomic mass is 16.8. The van der Waals surface area contributed by atoms with Crippen LogP contribution in [0.4, 0.5) is 0 Å². The highest BCUT2D eigenvalue weighted by Gasteiger charge is 2.60. The smallest absolute Gasteiger partial charge is 0.187 e. The lowest BCUT2D eigenvalue weighted by Gasteiger charge is -2.50. The predicted octanol–water partition coefficient (Wildman–Crippen LogP) is -17.8. The molecule has 0 aromatic carbocycles. The van der Waals surface area contributed by atoms with Crippen molar-refractivity contribution in [3.63, 3.8) is 0 Å². The van der Waals surface area contributed by atoms with Gasteiger partial charge in [-0.3, -0.25) is 0 Å². The highest BCUT2D eigenvalue weighted by molar-refractivity contribution is 5.03. The standard InChI is InChI=1S/C50H85NO40/c52-2-1-51-3-11-35-19(60)27(68)43(76-11)85-36-12(4-53)78-45(29(70)21(36)62)87-38-14(6-55)80-47(31(72)23(38)64)89-40-16(8-57)82-49(33(74)25(40)66)91-42-18(10-59)83-50(34(75)26(42)67)90-41-17(9-58)81-48(32(73)24(41)65)88-39-15(7-56)79-46(30(71)22(39)63)86-37-13(5-54)77-44(84-35)28(69)20(37)61/h11-75H,1-10H2/t11-,12-,13-,14-,15-,16-,17-,18-,19-,20-,21-,22-,23-,24-,25-,26-,27-,28-,29-,30-,31-,32-,33-,34-,35-,36-,37-,38-,39-,40-,41-,42-,43-,44-,45-,46-,47-,48-,49-,50-/m1/s1. The van der Waals surface area contributed by atoms with Crippen LogP contribution in [0.3, 0.4) is 0 Å². The van der Waals surface area contributed by atoms with Gasteiger partial charge in [-0.25, -0.2) is 0 Å². The zero-order valence-corrected chi connectivity index (χ0v) is 47.9. The number of nitrogens with one attached hydrogen (secondary N) is 1. The van der Waals surface area contributed by atoms with Gasteiger partial charge in [0.1, 0.15) is 195 Å². The number of aliphatic hydroxyl groups excluding tert-OH is 24.